The highest BCUT2D eigenvalue weighted by Gasteiger charge is 2.47. The summed E-state index contributed by atoms with van der Waals surface area (Å²) in [5, 5.41) is 2.69. The smallest absolute Gasteiger partial charge is 0.323 e. The van der Waals surface area contributed by atoms with Crippen LogP contribution in [0.1, 0.15) is 51.0 Å². The number of carbonyl (C=O) groups is 4. The number of nitrogens with one attached hydrogen (secondary N) is 3. The van der Waals surface area contributed by atoms with Crippen molar-refractivity contribution in [3.8, 4) is 0 Å². The number of hydrogen-bond donors (Lipinski definition) is 3. The Morgan fingerprint density at radius 1 is 1.10 bits per heavy atom. The molecule has 1 saturated heterocycles. The Balaban J connectivity index is 1.49. The molecule has 5 amide bonds. The quantitative estimate of drug-likeness (QED) is 0.498. The molecule has 1 aliphatic carbocycles. The van der Waals surface area contributed by atoms with Crippen LogP contribution in [-0.2, 0) is 20.8 Å². The average Bonchev–Trinajstić information content (AvgIpc) is 2.95. The monoisotopic (exact) mass is 400 g/mol. The first-order valence-electron chi connectivity index (χ1n) is 10.2. The second-order valence-corrected chi connectivity index (χ2v) is 8.01. The highest BCUT2D eigenvalue weighted by atomic mass is 16.2. The zero-order valence-corrected chi connectivity index (χ0v) is 16.7. The van der Waals surface area contributed by atoms with Crippen molar-refractivity contribution in [1.29, 1.82) is 0 Å². The lowest BCUT2D eigenvalue weighted by Crippen LogP contribution is -2.50. The Kier molecular flexibility index (Phi) is 6.51. The first-order chi connectivity index (χ1) is 13.9. The van der Waals surface area contributed by atoms with Gasteiger partial charge in [-0.1, -0.05) is 49.6 Å². The minimum absolute atomic E-state index is 0.0953. The van der Waals surface area contributed by atoms with Crippen molar-refractivity contribution < 1.29 is 19.2 Å². The van der Waals surface area contributed by atoms with Gasteiger partial charge in [0, 0.05) is 5.92 Å². The topological polar surface area (TPSA) is 108 Å². The summed E-state index contributed by atoms with van der Waals surface area (Å²) >= 11 is 0. The number of aryl methyl sites for hydroxylation is 1. The first-order valence-corrected chi connectivity index (χ1v) is 10.2. The van der Waals surface area contributed by atoms with Crippen molar-refractivity contribution in [2.45, 2.75) is 57.4 Å². The number of hydrogen-bond acceptors (Lipinski definition) is 4. The van der Waals surface area contributed by atoms with E-state index >= 15 is 0 Å². The Labute approximate surface area is 170 Å². The first kappa shape index (κ1) is 20.8. The Bertz CT molecular complexity index is 776. The van der Waals surface area contributed by atoms with Crippen LogP contribution in [0.4, 0.5) is 4.79 Å². The van der Waals surface area contributed by atoms with E-state index in [4.69, 9.17) is 0 Å². The van der Waals surface area contributed by atoms with E-state index in [2.05, 4.69) is 16.2 Å². The molecule has 1 aromatic carbocycles. The molecule has 2 aliphatic rings. The largest absolute Gasteiger partial charge is 0.325 e. The van der Waals surface area contributed by atoms with E-state index in [1.54, 1.807) is 6.92 Å². The van der Waals surface area contributed by atoms with Crippen LogP contribution in [0.2, 0.25) is 0 Å². The lowest BCUT2D eigenvalue weighted by atomic mass is 9.89. The number of urea groups is 1. The third-order valence-electron chi connectivity index (χ3n) is 5.70. The van der Waals surface area contributed by atoms with Crippen molar-refractivity contribution in [2.24, 2.45) is 5.92 Å². The van der Waals surface area contributed by atoms with Gasteiger partial charge in [0.05, 0.1) is 0 Å². The van der Waals surface area contributed by atoms with Crippen molar-refractivity contribution in [1.82, 2.24) is 21.1 Å². The molecule has 0 bridgehead atoms. The molecule has 1 atom stereocenters. The van der Waals surface area contributed by atoms with E-state index in [1.165, 1.54) is 0 Å². The summed E-state index contributed by atoms with van der Waals surface area (Å²) in [4.78, 5) is 50.2. The lowest BCUT2D eigenvalue weighted by Gasteiger charge is -2.22. The normalized spacial score (nSPS) is 22.3. The molecule has 156 valence electrons. The van der Waals surface area contributed by atoms with Crippen molar-refractivity contribution >= 4 is 23.8 Å². The maximum absolute atomic E-state index is 12.8. The zero-order valence-electron chi connectivity index (χ0n) is 16.7. The maximum Gasteiger partial charge on any atom is 0.325 e. The molecule has 3 rings (SSSR count). The van der Waals surface area contributed by atoms with Crippen LogP contribution >= 0.6 is 0 Å². The summed E-state index contributed by atoms with van der Waals surface area (Å²) in [6, 6.07) is 9.09. The highest BCUT2D eigenvalue weighted by Crippen LogP contribution is 2.24. The van der Waals surface area contributed by atoms with Gasteiger partial charge in [0.2, 0.25) is 5.91 Å². The summed E-state index contributed by atoms with van der Waals surface area (Å²) in [6.45, 7) is 1.23. The minimum Gasteiger partial charge on any atom is -0.323 e. The molecule has 0 radical (unpaired) electrons. The fraction of sp³-hybridized carbons (Fsp3) is 0.524. The molecule has 1 aliphatic heterocycles. The Morgan fingerprint density at radius 2 is 1.79 bits per heavy atom. The predicted molar refractivity (Wildman–Crippen MR) is 106 cm³/mol. The number of benzene rings is 1. The van der Waals surface area contributed by atoms with Gasteiger partial charge in [-0.3, -0.25) is 30.1 Å². The van der Waals surface area contributed by atoms with Gasteiger partial charge in [-0.2, -0.15) is 0 Å². The van der Waals surface area contributed by atoms with Crippen molar-refractivity contribution in [3.63, 3.8) is 0 Å². The highest BCUT2D eigenvalue weighted by molar-refractivity contribution is 6.08. The van der Waals surface area contributed by atoms with Gasteiger partial charge in [0.15, 0.2) is 0 Å². The van der Waals surface area contributed by atoms with E-state index in [0.29, 0.717) is 12.8 Å². The fourth-order valence-electron chi connectivity index (χ4n) is 3.88. The number of hydrazine groups is 1. The average molecular weight is 400 g/mol. The summed E-state index contributed by atoms with van der Waals surface area (Å²) in [6.07, 6.45) is 5.83. The van der Waals surface area contributed by atoms with Crippen molar-refractivity contribution in [2.75, 3.05) is 6.54 Å². The maximum atomic E-state index is 12.8. The number of nitrogens with zero attached hydrogens (tertiary/aromatic N) is 1. The van der Waals surface area contributed by atoms with Gasteiger partial charge in [0.1, 0.15) is 12.1 Å². The van der Waals surface area contributed by atoms with Gasteiger partial charge in [-0.25, -0.2) is 4.79 Å². The molecule has 8 heteroatoms. The van der Waals surface area contributed by atoms with Crippen LogP contribution in [0.15, 0.2) is 30.3 Å². The van der Waals surface area contributed by atoms with E-state index in [9.17, 15) is 19.2 Å². The van der Waals surface area contributed by atoms with E-state index in [1.807, 2.05) is 30.3 Å². The van der Waals surface area contributed by atoms with Gasteiger partial charge in [0.25, 0.3) is 11.8 Å². The summed E-state index contributed by atoms with van der Waals surface area (Å²) in [7, 11) is 0. The molecule has 1 heterocycles. The van der Waals surface area contributed by atoms with Crippen LogP contribution in [0.3, 0.4) is 0 Å². The fourth-order valence-corrected chi connectivity index (χ4v) is 3.88. The predicted octanol–water partition coefficient (Wildman–Crippen LogP) is 1.66. The number of imide groups is 1. The van der Waals surface area contributed by atoms with Crippen LogP contribution in [-0.4, -0.2) is 40.7 Å². The summed E-state index contributed by atoms with van der Waals surface area (Å²) in [5.41, 5.74) is 4.75. The molecule has 29 heavy (non-hydrogen) atoms. The lowest BCUT2D eigenvalue weighted by molar-refractivity contribution is -0.136. The molecule has 3 N–H and O–H groups in total. The standard InChI is InChI=1S/C21H28N4O4/c1-21(13-12-15-8-4-2-5-9-15)19(28)25(20(29)22-21)14-17(26)23-24-18(27)16-10-6-3-7-11-16/h2,4-5,8-9,16H,3,6-7,10-14H2,1H3,(H,22,29)(H,23,26)(H,24,27)/t21-/m1/s1. The third-order valence-corrected chi connectivity index (χ3v) is 5.70. The number of carbonyl (C=O) groups excluding carboxylic acids is 4. The second-order valence-electron chi connectivity index (χ2n) is 8.01. The van der Waals surface area contributed by atoms with Gasteiger partial charge < -0.3 is 5.32 Å². The Morgan fingerprint density at radius 3 is 2.48 bits per heavy atom. The van der Waals surface area contributed by atoms with Crippen molar-refractivity contribution in [3.05, 3.63) is 35.9 Å². The molecule has 0 spiro atoms. The van der Waals surface area contributed by atoms with E-state index in [0.717, 1.165) is 42.6 Å². The molecule has 0 unspecified atom stereocenters. The molecule has 0 aromatic heterocycles. The van der Waals surface area contributed by atoms with Gasteiger partial charge >= 0.3 is 6.03 Å². The minimum atomic E-state index is -1.06. The van der Waals surface area contributed by atoms with Crippen LogP contribution in [0.5, 0.6) is 0 Å². The Hall–Kier alpha value is -2.90. The van der Waals surface area contributed by atoms with E-state index < -0.39 is 29.9 Å². The molecular formula is C21H28N4O4. The molecule has 8 nitrogen and oxygen atoms in total. The van der Waals surface area contributed by atoms with E-state index in [-0.39, 0.29) is 11.8 Å². The summed E-state index contributed by atoms with van der Waals surface area (Å²) in [5.74, 6) is -1.36. The zero-order chi connectivity index (χ0) is 20.9. The molecule has 1 aromatic rings. The molecular weight excluding hydrogens is 372 g/mol. The summed E-state index contributed by atoms with van der Waals surface area (Å²) < 4.78 is 0. The van der Waals surface area contributed by atoms with Crippen LogP contribution in [0.25, 0.3) is 0 Å². The van der Waals surface area contributed by atoms with Crippen LogP contribution < -0.4 is 16.2 Å². The molecule has 1 saturated carbocycles. The van der Waals surface area contributed by atoms with Crippen LogP contribution in [0, 0.1) is 5.92 Å². The second kappa shape index (κ2) is 9.07. The SMILES string of the molecule is C[C@]1(CCc2ccccc2)NC(=O)N(CC(=O)NNC(=O)C2CCCCC2)C1=O. The third kappa shape index (κ3) is 5.13. The number of rotatable bonds is 6. The van der Waals surface area contributed by atoms with Gasteiger partial charge in [-0.05, 0) is 38.2 Å². The number of amides is 5. The van der Waals surface area contributed by atoms with Gasteiger partial charge in [-0.15, -0.1) is 0 Å². The molecule has 2 fully saturated rings.